The molecule has 1 aliphatic rings. The number of esters is 1. The summed E-state index contributed by atoms with van der Waals surface area (Å²) in [6.45, 7) is 11.2. The third kappa shape index (κ3) is 5.31. The maximum atomic E-state index is 12.1. The standard InChI is InChI=1S/C27H34N4O2S/c1-5-33-25(32)21-15-17-29(18-16-21)19-30-26(34)31(23-9-7-6-8-10-23)24(28-30)20-11-13-22(14-12-20)27(2,3)4/h6-14,21H,5,15-19H2,1-4H3. The first-order valence-corrected chi connectivity index (χ1v) is 12.4. The molecule has 0 unspecified atom stereocenters. The van der Waals surface area contributed by atoms with Gasteiger partial charge in [0.05, 0.1) is 19.2 Å². The van der Waals surface area contributed by atoms with E-state index in [4.69, 9.17) is 22.1 Å². The average molecular weight is 479 g/mol. The first-order valence-electron chi connectivity index (χ1n) is 12.0. The Morgan fingerprint density at radius 2 is 1.71 bits per heavy atom. The molecule has 2 heterocycles. The van der Waals surface area contributed by atoms with Gasteiger partial charge < -0.3 is 4.74 Å². The molecule has 0 N–H and O–H groups in total. The molecule has 1 saturated heterocycles. The molecule has 0 amide bonds. The Morgan fingerprint density at radius 3 is 2.29 bits per heavy atom. The van der Waals surface area contributed by atoms with Crippen molar-refractivity contribution in [3.8, 4) is 17.1 Å². The fourth-order valence-corrected chi connectivity index (χ4v) is 4.67. The molecule has 1 aromatic heterocycles. The third-order valence-electron chi connectivity index (χ3n) is 6.40. The first-order chi connectivity index (χ1) is 16.3. The summed E-state index contributed by atoms with van der Waals surface area (Å²) in [5.74, 6) is 0.745. The zero-order valence-corrected chi connectivity index (χ0v) is 21.3. The lowest BCUT2D eigenvalue weighted by atomic mass is 9.87. The second-order valence-corrected chi connectivity index (χ2v) is 10.3. The predicted octanol–water partition coefficient (Wildman–Crippen LogP) is 5.60. The summed E-state index contributed by atoms with van der Waals surface area (Å²) < 4.78 is 9.82. The topological polar surface area (TPSA) is 52.3 Å². The molecule has 0 spiro atoms. The Labute approximate surface area is 207 Å². The van der Waals surface area contributed by atoms with Gasteiger partial charge in [-0.15, -0.1) is 5.10 Å². The van der Waals surface area contributed by atoms with Crippen molar-refractivity contribution in [2.24, 2.45) is 5.92 Å². The molecular weight excluding hydrogens is 444 g/mol. The monoisotopic (exact) mass is 478 g/mol. The van der Waals surface area contributed by atoms with Crippen LogP contribution >= 0.6 is 12.2 Å². The van der Waals surface area contributed by atoms with E-state index in [9.17, 15) is 4.79 Å². The van der Waals surface area contributed by atoms with Gasteiger partial charge in [-0.1, -0.05) is 63.2 Å². The minimum atomic E-state index is -0.0758. The Bertz CT molecular complexity index is 1170. The first kappa shape index (κ1) is 24.4. The van der Waals surface area contributed by atoms with Crippen molar-refractivity contribution in [3.05, 3.63) is 64.9 Å². The van der Waals surface area contributed by atoms with E-state index in [1.54, 1.807) is 0 Å². The lowest BCUT2D eigenvalue weighted by Gasteiger charge is -2.30. The highest BCUT2D eigenvalue weighted by atomic mass is 32.1. The maximum absolute atomic E-state index is 12.1. The van der Waals surface area contributed by atoms with Gasteiger partial charge in [0, 0.05) is 24.3 Å². The molecule has 2 aromatic carbocycles. The molecule has 6 nitrogen and oxygen atoms in total. The van der Waals surface area contributed by atoms with E-state index in [0.29, 0.717) is 18.0 Å². The summed E-state index contributed by atoms with van der Waals surface area (Å²) in [5.41, 5.74) is 3.40. The number of rotatable bonds is 6. The number of aromatic nitrogens is 3. The summed E-state index contributed by atoms with van der Waals surface area (Å²) in [6, 6.07) is 18.8. The van der Waals surface area contributed by atoms with E-state index >= 15 is 0 Å². The van der Waals surface area contributed by atoms with Crippen LogP contribution in [0.2, 0.25) is 0 Å². The van der Waals surface area contributed by atoms with Gasteiger partial charge in [-0.3, -0.25) is 14.3 Å². The van der Waals surface area contributed by atoms with Crippen LogP contribution < -0.4 is 0 Å². The third-order valence-corrected chi connectivity index (χ3v) is 6.80. The van der Waals surface area contributed by atoms with Crippen LogP contribution in [0.5, 0.6) is 0 Å². The summed E-state index contributed by atoms with van der Waals surface area (Å²) in [4.78, 5) is 14.4. The summed E-state index contributed by atoms with van der Waals surface area (Å²) >= 11 is 5.91. The number of hydrogen-bond acceptors (Lipinski definition) is 5. The summed E-state index contributed by atoms with van der Waals surface area (Å²) in [7, 11) is 0. The number of benzene rings is 2. The molecule has 0 radical (unpaired) electrons. The lowest BCUT2D eigenvalue weighted by Crippen LogP contribution is -2.38. The van der Waals surface area contributed by atoms with Gasteiger partial charge in [0.25, 0.3) is 0 Å². The van der Waals surface area contributed by atoms with Crippen molar-refractivity contribution < 1.29 is 9.53 Å². The number of likely N-dealkylation sites (tertiary alicyclic amines) is 1. The summed E-state index contributed by atoms with van der Waals surface area (Å²) in [6.07, 6.45) is 1.60. The van der Waals surface area contributed by atoms with Crippen LogP contribution in [0.15, 0.2) is 54.6 Å². The normalized spacial score (nSPS) is 15.4. The van der Waals surface area contributed by atoms with Crippen LogP contribution in [0.4, 0.5) is 0 Å². The number of para-hydroxylation sites is 1. The number of hydrogen-bond donors (Lipinski definition) is 0. The van der Waals surface area contributed by atoms with Gasteiger partial charge in [0.15, 0.2) is 5.82 Å². The molecule has 7 heteroatoms. The molecule has 1 aliphatic heterocycles. The fourth-order valence-electron chi connectivity index (χ4n) is 4.38. The Balaban J connectivity index is 1.62. The number of ether oxygens (including phenoxy) is 1. The maximum Gasteiger partial charge on any atom is 0.309 e. The Kier molecular flexibility index (Phi) is 7.33. The molecule has 0 bridgehead atoms. The van der Waals surface area contributed by atoms with Gasteiger partial charge in [0.2, 0.25) is 4.77 Å². The number of carbonyl (C=O) groups is 1. The highest BCUT2D eigenvalue weighted by molar-refractivity contribution is 7.71. The second-order valence-electron chi connectivity index (χ2n) is 9.89. The van der Waals surface area contributed by atoms with E-state index in [-0.39, 0.29) is 17.3 Å². The van der Waals surface area contributed by atoms with Gasteiger partial charge >= 0.3 is 5.97 Å². The quantitative estimate of drug-likeness (QED) is 0.341. The van der Waals surface area contributed by atoms with Crippen molar-refractivity contribution in [3.63, 3.8) is 0 Å². The Hall–Kier alpha value is -2.77. The van der Waals surface area contributed by atoms with E-state index < -0.39 is 0 Å². The minimum Gasteiger partial charge on any atom is -0.466 e. The van der Waals surface area contributed by atoms with Crippen molar-refractivity contribution >= 4 is 18.2 Å². The van der Waals surface area contributed by atoms with Crippen LogP contribution in [0.3, 0.4) is 0 Å². The predicted molar refractivity (Wildman–Crippen MR) is 137 cm³/mol. The van der Waals surface area contributed by atoms with Gasteiger partial charge in [-0.05, 0) is 55.1 Å². The summed E-state index contributed by atoms with van der Waals surface area (Å²) in [5, 5.41) is 4.97. The Morgan fingerprint density at radius 1 is 1.06 bits per heavy atom. The molecule has 0 saturated carbocycles. The fraction of sp³-hybridized carbons (Fsp3) is 0.444. The molecule has 180 valence electrons. The van der Waals surface area contributed by atoms with Crippen molar-refractivity contribution in [1.82, 2.24) is 19.2 Å². The van der Waals surface area contributed by atoms with Crippen LogP contribution in [0.25, 0.3) is 17.1 Å². The molecular formula is C27H34N4O2S. The number of piperidine rings is 1. The van der Waals surface area contributed by atoms with Crippen molar-refractivity contribution in [1.29, 1.82) is 0 Å². The van der Waals surface area contributed by atoms with Gasteiger partial charge in [0.1, 0.15) is 0 Å². The van der Waals surface area contributed by atoms with Crippen LogP contribution in [0.1, 0.15) is 46.1 Å². The van der Waals surface area contributed by atoms with E-state index in [2.05, 4.69) is 62.1 Å². The average Bonchev–Trinajstić information content (AvgIpc) is 3.15. The molecule has 3 aromatic rings. The number of nitrogens with zero attached hydrogens (tertiary/aromatic N) is 4. The number of carbonyl (C=O) groups excluding carboxylic acids is 1. The minimum absolute atomic E-state index is 0.0112. The molecule has 1 fully saturated rings. The smallest absolute Gasteiger partial charge is 0.309 e. The van der Waals surface area contributed by atoms with E-state index in [0.717, 1.165) is 43.0 Å². The molecule has 0 aliphatic carbocycles. The highest BCUT2D eigenvalue weighted by Crippen LogP contribution is 2.28. The van der Waals surface area contributed by atoms with Crippen molar-refractivity contribution in [2.75, 3.05) is 19.7 Å². The second kappa shape index (κ2) is 10.2. The lowest BCUT2D eigenvalue weighted by molar-refractivity contribution is -0.149. The van der Waals surface area contributed by atoms with Crippen molar-refractivity contribution in [2.45, 2.75) is 52.6 Å². The zero-order chi connectivity index (χ0) is 24.3. The van der Waals surface area contributed by atoms with E-state index in [1.807, 2.05) is 34.4 Å². The highest BCUT2D eigenvalue weighted by Gasteiger charge is 2.27. The largest absolute Gasteiger partial charge is 0.466 e. The zero-order valence-electron chi connectivity index (χ0n) is 20.5. The van der Waals surface area contributed by atoms with Gasteiger partial charge in [-0.2, -0.15) is 0 Å². The van der Waals surface area contributed by atoms with E-state index in [1.165, 1.54) is 5.56 Å². The van der Waals surface area contributed by atoms with Crippen LogP contribution in [-0.4, -0.2) is 44.9 Å². The molecule has 0 atom stereocenters. The van der Waals surface area contributed by atoms with Gasteiger partial charge in [-0.25, -0.2) is 4.68 Å². The van der Waals surface area contributed by atoms with Crippen LogP contribution in [0, 0.1) is 10.7 Å². The molecule has 4 rings (SSSR count). The van der Waals surface area contributed by atoms with Crippen LogP contribution in [-0.2, 0) is 21.6 Å². The SMILES string of the molecule is CCOC(=O)C1CCN(Cn2nc(-c3ccc(C(C)(C)C)cc3)n(-c3ccccc3)c2=S)CC1. The molecule has 34 heavy (non-hydrogen) atoms.